The van der Waals surface area contributed by atoms with Crippen LogP contribution in [0.15, 0.2) is 42.5 Å². The Bertz CT molecular complexity index is 607. The zero-order chi connectivity index (χ0) is 14.7. The van der Waals surface area contributed by atoms with Gasteiger partial charge in [0.15, 0.2) is 0 Å². The van der Waals surface area contributed by atoms with Crippen molar-refractivity contribution in [3.8, 4) is 11.5 Å². The standard InChI is InChI=1S/C18H21NO2/c1-21-16-8-5-13(6-9-16)12-19-15-7-10-17-14(11-15)3-2-4-18(17)20/h2-6,8-9,15,19-20H,7,10-12H2,1H3. The number of phenols is 1. The lowest BCUT2D eigenvalue weighted by Gasteiger charge is -2.26. The molecular formula is C18H21NO2. The minimum atomic E-state index is 0.445. The number of rotatable bonds is 4. The van der Waals surface area contributed by atoms with Crippen LogP contribution in [0.25, 0.3) is 0 Å². The fraction of sp³-hybridized carbons (Fsp3) is 0.333. The second-order valence-electron chi connectivity index (χ2n) is 5.58. The van der Waals surface area contributed by atoms with E-state index in [9.17, 15) is 5.11 Å². The van der Waals surface area contributed by atoms with Crippen LogP contribution in [0.4, 0.5) is 0 Å². The van der Waals surface area contributed by atoms with Crippen LogP contribution in [0, 0.1) is 0 Å². The van der Waals surface area contributed by atoms with Gasteiger partial charge in [0.1, 0.15) is 11.5 Å². The van der Waals surface area contributed by atoms with Gasteiger partial charge in [-0.2, -0.15) is 0 Å². The van der Waals surface area contributed by atoms with Gasteiger partial charge in [-0.05, 0) is 54.2 Å². The molecule has 0 fully saturated rings. The highest BCUT2D eigenvalue weighted by Crippen LogP contribution is 2.28. The number of ether oxygens (including phenoxy) is 1. The number of benzene rings is 2. The van der Waals surface area contributed by atoms with Crippen molar-refractivity contribution < 1.29 is 9.84 Å². The number of hydrogen-bond acceptors (Lipinski definition) is 3. The molecule has 1 unspecified atom stereocenters. The molecule has 0 aliphatic heterocycles. The fourth-order valence-corrected chi connectivity index (χ4v) is 2.97. The molecule has 0 saturated carbocycles. The normalized spacial score (nSPS) is 17.3. The first-order chi connectivity index (χ1) is 10.3. The topological polar surface area (TPSA) is 41.5 Å². The molecule has 0 radical (unpaired) electrons. The van der Waals surface area contributed by atoms with Crippen LogP contribution in [0.1, 0.15) is 23.1 Å². The van der Waals surface area contributed by atoms with Gasteiger partial charge in [0.2, 0.25) is 0 Å². The highest BCUT2D eigenvalue weighted by atomic mass is 16.5. The van der Waals surface area contributed by atoms with Gasteiger partial charge >= 0.3 is 0 Å². The smallest absolute Gasteiger partial charge is 0.119 e. The molecule has 3 rings (SSSR count). The van der Waals surface area contributed by atoms with Gasteiger partial charge in [-0.3, -0.25) is 0 Å². The summed E-state index contributed by atoms with van der Waals surface area (Å²) in [6.45, 7) is 0.864. The van der Waals surface area contributed by atoms with Gasteiger partial charge in [-0.1, -0.05) is 24.3 Å². The number of nitrogens with one attached hydrogen (secondary N) is 1. The Morgan fingerprint density at radius 1 is 1.19 bits per heavy atom. The van der Waals surface area contributed by atoms with E-state index in [1.54, 1.807) is 13.2 Å². The molecule has 0 aromatic heterocycles. The Morgan fingerprint density at radius 2 is 2.00 bits per heavy atom. The summed E-state index contributed by atoms with van der Waals surface area (Å²) in [5, 5.41) is 13.5. The molecule has 21 heavy (non-hydrogen) atoms. The summed E-state index contributed by atoms with van der Waals surface area (Å²) in [5.74, 6) is 1.34. The fourth-order valence-electron chi connectivity index (χ4n) is 2.97. The van der Waals surface area contributed by atoms with E-state index in [4.69, 9.17) is 4.74 Å². The molecule has 0 saturated heterocycles. The van der Waals surface area contributed by atoms with Crippen LogP contribution in [0.3, 0.4) is 0 Å². The third kappa shape index (κ3) is 3.19. The van der Waals surface area contributed by atoms with Crippen molar-refractivity contribution in [3.05, 3.63) is 59.2 Å². The SMILES string of the molecule is COc1ccc(CNC2CCc3c(O)cccc3C2)cc1. The molecule has 2 N–H and O–H groups in total. The molecule has 1 aliphatic carbocycles. The minimum absolute atomic E-state index is 0.445. The first-order valence-corrected chi connectivity index (χ1v) is 7.42. The van der Waals surface area contributed by atoms with Gasteiger partial charge in [-0.15, -0.1) is 0 Å². The highest BCUT2D eigenvalue weighted by molar-refractivity contribution is 5.41. The predicted molar refractivity (Wildman–Crippen MR) is 83.8 cm³/mol. The third-order valence-electron chi connectivity index (χ3n) is 4.21. The largest absolute Gasteiger partial charge is 0.508 e. The molecule has 3 nitrogen and oxygen atoms in total. The van der Waals surface area contributed by atoms with E-state index < -0.39 is 0 Å². The maximum Gasteiger partial charge on any atom is 0.119 e. The highest BCUT2D eigenvalue weighted by Gasteiger charge is 2.20. The number of phenolic OH excluding ortho intramolecular Hbond substituents is 1. The number of fused-ring (bicyclic) bond motifs is 1. The summed E-state index contributed by atoms with van der Waals surface area (Å²) in [6.07, 6.45) is 3.00. The Balaban J connectivity index is 1.59. The molecule has 110 valence electrons. The van der Waals surface area contributed by atoms with E-state index in [1.165, 1.54) is 11.1 Å². The molecule has 0 spiro atoms. The lowest BCUT2D eigenvalue weighted by molar-refractivity contribution is 0.414. The summed E-state index contributed by atoms with van der Waals surface area (Å²) < 4.78 is 5.17. The summed E-state index contributed by atoms with van der Waals surface area (Å²) >= 11 is 0. The van der Waals surface area contributed by atoms with Crippen LogP contribution < -0.4 is 10.1 Å². The van der Waals surface area contributed by atoms with Gasteiger partial charge < -0.3 is 15.2 Å². The van der Waals surface area contributed by atoms with Crippen LogP contribution in [0.5, 0.6) is 11.5 Å². The Labute approximate surface area is 125 Å². The molecule has 1 atom stereocenters. The van der Waals surface area contributed by atoms with Crippen LogP contribution in [-0.4, -0.2) is 18.3 Å². The molecule has 3 heteroatoms. The summed E-state index contributed by atoms with van der Waals surface area (Å²) in [7, 11) is 1.68. The van der Waals surface area contributed by atoms with Gasteiger partial charge in [0.05, 0.1) is 7.11 Å². The lowest BCUT2D eigenvalue weighted by Crippen LogP contribution is -2.34. The van der Waals surface area contributed by atoms with Crippen LogP contribution >= 0.6 is 0 Å². The van der Waals surface area contributed by atoms with Gasteiger partial charge in [-0.25, -0.2) is 0 Å². The maximum absolute atomic E-state index is 9.87. The molecule has 2 aromatic carbocycles. The molecule has 0 heterocycles. The zero-order valence-electron chi connectivity index (χ0n) is 12.3. The molecule has 0 bridgehead atoms. The van der Waals surface area contributed by atoms with Crippen molar-refractivity contribution in [2.24, 2.45) is 0 Å². The Morgan fingerprint density at radius 3 is 2.76 bits per heavy atom. The number of methoxy groups -OCH3 is 1. The second-order valence-corrected chi connectivity index (χ2v) is 5.58. The monoisotopic (exact) mass is 283 g/mol. The van der Waals surface area contributed by atoms with Crippen molar-refractivity contribution in [2.45, 2.75) is 31.8 Å². The van der Waals surface area contributed by atoms with Crippen molar-refractivity contribution in [3.63, 3.8) is 0 Å². The van der Waals surface area contributed by atoms with Gasteiger partial charge in [0, 0.05) is 12.6 Å². The maximum atomic E-state index is 9.87. The molecule has 2 aromatic rings. The summed E-state index contributed by atoms with van der Waals surface area (Å²) in [4.78, 5) is 0. The quantitative estimate of drug-likeness (QED) is 0.906. The van der Waals surface area contributed by atoms with Crippen molar-refractivity contribution in [1.82, 2.24) is 5.32 Å². The summed E-state index contributed by atoms with van der Waals surface area (Å²) in [5.41, 5.74) is 3.66. The van der Waals surface area contributed by atoms with E-state index in [0.29, 0.717) is 11.8 Å². The molecular weight excluding hydrogens is 262 g/mol. The first kappa shape index (κ1) is 14.0. The van der Waals surface area contributed by atoms with Crippen LogP contribution in [-0.2, 0) is 19.4 Å². The first-order valence-electron chi connectivity index (χ1n) is 7.42. The zero-order valence-corrected chi connectivity index (χ0v) is 12.3. The predicted octanol–water partition coefficient (Wildman–Crippen LogP) is 3.05. The molecule has 1 aliphatic rings. The number of hydrogen-bond donors (Lipinski definition) is 2. The van der Waals surface area contributed by atoms with Crippen molar-refractivity contribution in [1.29, 1.82) is 0 Å². The summed E-state index contributed by atoms with van der Waals surface area (Å²) in [6, 6.07) is 14.5. The third-order valence-corrected chi connectivity index (χ3v) is 4.21. The van der Waals surface area contributed by atoms with E-state index in [-0.39, 0.29) is 0 Å². The van der Waals surface area contributed by atoms with E-state index >= 15 is 0 Å². The van der Waals surface area contributed by atoms with E-state index in [2.05, 4.69) is 23.5 Å². The van der Waals surface area contributed by atoms with Crippen LogP contribution in [0.2, 0.25) is 0 Å². The average molecular weight is 283 g/mol. The lowest BCUT2D eigenvalue weighted by atomic mass is 9.87. The Hall–Kier alpha value is -2.00. The Kier molecular flexibility index (Phi) is 4.11. The van der Waals surface area contributed by atoms with E-state index in [0.717, 1.165) is 37.1 Å². The number of aromatic hydroxyl groups is 1. The average Bonchev–Trinajstić information content (AvgIpc) is 2.53. The van der Waals surface area contributed by atoms with Crippen molar-refractivity contribution >= 4 is 0 Å². The second kappa shape index (κ2) is 6.19. The molecule has 0 amide bonds. The van der Waals surface area contributed by atoms with E-state index in [1.807, 2.05) is 18.2 Å². The van der Waals surface area contributed by atoms with Crippen molar-refractivity contribution in [2.75, 3.05) is 7.11 Å². The minimum Gasteiger partial charge on any atom is -0.508 e. The van der Waals surface area contributed by atoms with Gasteiger partial charge in [0.25, 0.3) is 0 Å².